The molecule has 0 bridgehead atoms. The van der Waals surface area contributed by atoms with Crippen molar-refractivity contribution < 1.29 is 52.1 Å². The molecule has 2 aliphatic heterocycles. The number of rotatable bonds is 2. The molecule has 0 aromatic heterocycles. The highest BCUT2D eigenvalue weighted by molar-refractivity contribution is 4.54. The van der Waals surface area contributed by atoms with E-state index in [4.69, 9.17) is 52.1 Å². The van der Waals surface area contributed by atoms with Gasteiger partial charge in [-0.2, -0.15) is 0 Å². The number of ether oxygens (including phenoxy) is 11. The van der Waals surface area contributed by atoms with Crippen LogP contribution in [-0.4, -0.2) is 144 Å². The van der Waals surface area contributed by atoms with Gasteiger partial charge in [-0.05, 0) is 12.8 Å². The molecule has 2 unspecified atom stereocenters. The average molecular weight is 541 g/mol. The van der Waals surface area contributed by atoms with Gasteiger partial charge in [-0.25, -0.2) is 0 Å². The monoisotopic (exact) mass is 540 g/mol. The molecule has 0 amide bonds. The van der Waals surface area contributed by atoms with E-state index in [0.29, 0.717) is 132 Å². The van der Waals surface area contributed by atoms with Crippen molar-refractivity contribution in [1.29, 1.82) is 0 Å². The van der Waals surface area contributed by atoms with Gasteiger partial charge >= 0.3 is 0 Å². The molecule has 37 heavy (non-hydrogen) atoms. The van der Waals surface area contributed by atoms with Crippen molar-refractivity contribution in [3.05, 3.63) is 0 Å². The van der Waals surface area contributed by atoms with Crippen molar-refractivity contribution in [1.82, 2.24) is 0 Å². The van der Waals surface area contributed by atoms with E-state index in [9.17, 15) is 0 Å². The Morgan fingerprint density at radius 1 is 0.324 bits per heavy atom. The fraction of sp³-hybridized carbons (Fsp3) is 1.00. The largest absolute Gasteiger partial charge is 0.377 e. The highest BCUT2D eigenvalue weighted by Crippen LogP contribution is 2.00. The third-order valence-corrected chi connectivity index (χ3v) is 5.28. The Morgan fingerprint density at radius 2 is 0.541 bits per heavy atom. The summed E-state index contributed by atoms with van der Waals surface area (Å²) in [7, 11) is 0. The SMILES string of the molecule is CCC1COCCOCCOCCOCCO1.CCC1COCCOCCOCCOCCOCCO1. The van der Waals surface area contributed by atoms with E-state index in [2.05, 4.69) is 13.8 Å². The fourth-order valence-corrected chi connectivity index (χ4v) is 3.08. The van der Waals surface area contributed by atoms with E-state index in [1.54, 1.807) is 0 Å². The van der Waals surface area contributed by atoms with Crippen LogP contribution in [0, 0.1) is 0 Å². The summed E-state index contributed by atoms with van der Waals surface area (Å²) in [5.41, 5.74) is 0. The summed E-state index contributed by atoms with van der Waals surface area (Å²) < 4.78 is 59.9. The minimum Gasteiger partial charge on any atom is -0.377 e. The number of hydrogen-bond donors (Lipinski definition) is 0. The van der Waals surface area contributed by atoms with Gasteiger partial charge in [-0.1, -0.05) is 13.8 Å². The van der Waals surface area contributed by atoms with Crippen LogP contribution in [0.5, 0.6) is 0 Å². The first kappa shape index (κ1) is 34.6. The van der Waals surface area contributed by atoms with Crippen LogP contribution >= 0.6 is 0 Å². The lowest BCUT2D eigenvalue weighted by Gasteiger charge is -2.16. The van der Waals surface area contributed by atoms with Crippen LogP contribution < -0.4 is 0 Å². The molecule has 0 saturated carbocycles. The maximum Gasteiger partial charge on any atom is 0.0807 e. The maximum absolute atomic E-state index is 5.69. The summed E-state index contributed by atoms with van der Waals surface area (Å²) in [5, 5.41) is 0. The van der Waals surface area contributed by atoms with Crippen LogP contribution in [0.25, 0.3) is 0 Å². The van der Waals surface area contributed by atoms with Gasteiger partial charge in [0.2, 0.25) is 0 Å². The third kappa shape index (κ3) is 24.3. The van der Waals surface area contributed by atoms with Crippen LogP contribution in [0.1, 0.15) is 26.7 Å². The van der Waals surface area contributed by atoms with Crippen LogP contribution in [-0.2, 0) is 52.1 Å². The van der Waals surface area contributed by atoms with Gasteiger partial charge < -0.3 is 52.1 Å². The first-order chi connectivity index (χ1) is 18.4. The summed E-state index contributed by atoms with van der Waals surface area (Å²) >= 11 is 0. The molecular weight excluding hydrogens is 488 g/mol. The Bertz CT molecular complexity index is 411. The first-order valence-electron chi connectivity index (χ1n) is 13.8. The smallest absolute Gasteiger partial charge is 0.0807 e. The summed E-state index contributed by atoms with van der Waals surface area (Å²) in [4.78, 5) is 0. The third-order valence-electron chi connectivity index (χ3n) is 5.28. The predicted octanol–water partition coefficient (Wildman–Crippen LogP) is 1.74. The Morgan fingerprint density at radius 3 is 0.784 bits per heavy atom. The quantitative estimate of drug-likeness (QED) is 0.512. The Kier molecular flexibility index (Phi) is 26.7. The van der Waals surface area contributed by atoms with E-state index >= 15 is 0 Å². The summed E-state index contributed by atoms with van der Waals surface area (Å²) in [6, 6.07) is 0. The molecule has 11 heteroatoms. The van der Waals surface area contributed by atoms with Crippen LogP contribution in [0.15, 0.2) is 0 Å². The van der Waals surface area contributed by atoms with Gasteiger partial charge in [0.15, 0.2) is 0 Å². The zero-order valence-electron chi connectivity index (χ0n) is 23.2. The molecule has 0 radical (unpaired) electrons. The van der Waals surface area contributed by atoms with Crippen molar-refractivity contribution in [2.75, 3.05) is 132 Å². The minimum absolute atomic E-state index is 0.122. The standard InChI is InChI=1S/C14H28O6.C12H24O5/c1-2-14-13-19-10-9-17-6-5-15-3-4-16-7-8-18-11-12-20-14;1-2-12-11-16-8-7-14-4-3-13-5-6-15-9-10-17-12/h14H,2-13H2,1H3;12H,2-11H2,1H3. The second kappa shape index (κ2) is 28.6. The number of hydrogen-bond acceptors (Lipinski definition) is 11. The molecule has 2 atom stereocenters. The molecular formula is C26H52O11. The van der Waals surface area contributed by atoms with Crippen molar-refractivity contribution in [2.45, 2.75) is 38.9 Å². The fourth-order valence-electron chi connectivity index (χ4n) is 3.08. The van der Waals surface area contributed by atoms with Gasteiger partial charge in [0.1, 0.15) is 0 Å². The van der Waals surface area contributed by atoms with Gasteiger partial charge in [0.05, 0.1) is 144 Å². The zero-order chi connectivity index (χ0) is 26.5. The lowest BCUT2D eigenvalue weighted by molar-refractivity contribution is -0.0610. The van der Waals surface area contributed by atoms with E-state index in [1.807, 2.05) is 0 Å². The van der Waals surface area contributed by atoms with E-state index < -0.39 is 0 Å². The lowest BCUT2D eigenvalue weighted by Crippen LogP contribution is -2.23. The maximum atomic E-state index is 5.69. The summed E-state index contributed by atoms with van der Waals surface area (Å²) in [6.07, 6.45) is 2.15. The van der Waals surface area contributed by atoms with Crippen LogP contribution in [0.2, 0.25) is 0 Å². The molecule has 0 aliphatic carbocycles. The molecule has 2 rings (SSSR count). The van der Waals surface area contributed by atoms with Crippen LogP contribution in [0.3, 0.4) is 0 Å². The molecule has 0 N–H and O–H groups in total. The average Bonchev–Trinajstić information content (AvgIpc) is 2.93. The van der Waals surface area contributed by atoms with Gasteiger partial charge in [0.25, 0.3) is 0 Å². The Balaban J connectivity index is 0.000000375. The van der Waals surface area contributed by atoms with E-state index in [0.717, 1.165) is 12.8 Å². The molecule has 0 aromatic carbocycles. The summed E-state index contributed by atoms with van der Waals surface area (Å²) in [6.45, 7) is 16.1. The Labute approximate surface area is 223 Å². The topological polar surface area (TPSA) is 102 Å². The van der Waals surface area contributed by atoms with E-state index in [1.165, 1.54) is 0 Å². The highest BCUT2D eigenvalue weighted by atomic mass is 16.6. The minimum atomic E-state index is 0.122. The van der Waals surface area contributed by atoms with Gasteiger partial charge in [-0.3, -0.25) is 0 Å². The zero-order valence-corrected chi connectivity index (χ0v) is 23.2. The van der Waals surface area contributed by atoms with Gasteiger partial charge in [-0.15, -0.1) is 0 Å². The van der Waals surface area contributed by atoms with Gasteiger partial charge in [0, 0.05) is 0 Å². The molecule has 2 aliphatic rings. The van der Waals surface area contributed by atoms with Crippen molar-refractivity contribution in [3.63, 3.8) is 0 Å². The highest BCUT2D eigenvalue weighted by Gasteiger charge is 2.08. The predicted molar refractivity (Wildman–Crippen MR) is 137 cm³/mol. The van der Waals surface area contributed by atoms with Crippen LogP contribution in [0.4, 0.5) is 0 Å². The normalized spacial score (nSPS) is 26.8. The second-order valence-electron chi connectivity index (χ2n) is 8.24. The molecule has 0 spiro atoms. The molecule has 222 valence electrons. The van der Waals surface area contributed by atoms with E-state index in [-0.39, 0.29) is 12.2 Å². The molecule has 2 heterocycles. The van der Waals surface area contributed by atoms with Crippen molar-refractivity contribution >= 4 is 0 Å². The molecule has 2 saturated heterocycles. The first-order valence-corrected chi connectivity index (χ1v) is 13.8. The molecule has 11 nitrogen and oxygen atoms in total. The summed E-state index contributed by atoms with van der Waals surface area (Å²) in [5.74, 6) is 0. The Hall–Kier alpha value is -0.440. The molecule has 2 fully saturated rings. The lowest BCUT2D eigenvalue weighted by atomic mass is 10.3. The molecule has 0 aromatic rings. The second-order valence-corrected chi connectivity index (χ2v) is 8.24. The van der Waals surface area contributed by atoms with Crippen molar-refractivity contribution in [3.8, 4) is 0 Å². The van der Waals surface area contributed by atoms with Crippen molar-refractivity contribution in [2.24, 2.45) is 0 Å².